The number of esters is 2. The van der Waals surface area contributed by atoms with Gasteiger partial charge in [-0.1, -0.05) is 66.9 Å². The molecule has 4 atom stereocenters. The van der Waals surface area contributed by atoms with Crippen molar-refractivity contribution in [2.24, 2.45) is 23.5 Å². The first-order chi connectivity index (χ1) is 19.4. The second kappa shape index (κ2) is 18.2. The number of ether oxygens (including phenoxy) is 6. The number of benzene rings is 1. The van der Waals surface area contributed by atoms with Gasteiger partial charge in [-0.25, -0.2) is 9.59 Å². The second-order valence-corrected chi connectivity index (χ2v) is 10.6. The zero-order valence-electron chi connectivity index (χ0n) is 25.5. The predicted molar refractivity (Wildman–Crippen MR) is 152 cm³/mol. The van der Waals surface area contributed by atoms with Gasteiger partial charge in [-0.2, -0.15) is 0 Å². The van der Waals surface area contributed by atoms with E-state index in [0.29, 0.717) is 12.0 Å². The van der Waals surface area contributed by atoms with Crippen LogP contribution in [-0.4, -0.2) is 56.7 Å². The summed E-state index contributed by atoms with van der Waals surface area (Å²) in [5.74, 6) is -1.29. The Kier molecular flexibility index (Phi) is 15.8. The van der Waals surface area contributed by atoms with Crippen molar-refractivity contribution < 1.29 is 47.6 Å². The predicted octanol–water partition coefficient (Wildman–Crippen LogP) is 5.59. The lowest BCUT2D eigenvalue weighted by Crippen LogP contribution is -2.51. The fraction of sp³-hybridized carbons (Fsp3) is 0.667. The number of carbonyl (C=O) groups excluding carboxylic acids is 4. The fourth-order valence-electron chi connectivity index (χ4n) is 3.58. The summed E-state index contributed by atoms with van der Waals surface area (Å²) in [5, 5.41) is 0. The van der Waals surface area contributed by atoms with Crippen molar-refractivity contribution in [1.29, 1.82) is 0 Å². The van der Waals surface area contributed by atoms with Crippen molar-refractivity contribution in [3.05, 3.63) is 23.8 Å². The highest BCUT2D eigenvalue weighted by atomic mass is 16.7. The molecule has 232 valence electrons. The molecule has 0 aliphatic heterocycles. The molecule has 0 radical (unpaired) electrons. The van der Waals surface area contributed by atoms with Gasteiger partial charge < -0.3 is 34.2 Å². The van der Waals surface area contributed by atoms with E-state index in [-0.39, 0.29) is 67.9 Å². The van der Waals surface area contributed by atoms with Crippen LogP contribution in [0, 0.1) is 17.8 Å². The molecule has 0 bridgehead atoms. The van der Waals surface area contributed by atoms with Crippen LogP contribution in [0.25, 0.3) is 0 Å². The van der Waals surface area contributed by atoms with E-state index in [9.17, 15) is 19.2 Å². The third-order valence-electron chi connectivity index (χ3n) is 6.79. The van der Waals surface area contributed by atoms with Crippen LogP contribution < -0.4 is 15.2 Å². The maximum atomic E-state index is 12.7. The Morgan fingerprint density at radius 1 is 0.854 bits per heavy atom. The Balaban J connectivity index is 3.15. The lowest BCUT2D eigenvalue weighted by Gasteiger charge is -2.27. The monoisotopic (exact) mass is 581 g/mol. The first-order valence-corrected chi connectivity index (χ1v) is 14.2. The van der Waals surface area contributed by atoms with Crippen LogP contribution in [0.2, 0.25) is 0 Å². The molecule has 0 heterocycles. The fourth-order valence-corrected chi connectivity index (χ4v) is 3.58. The normalized spacial score (nSPS) is 14.5. The molecule has 2 N–H and O–H groups in total. The van der Waals surface area contributed by atoms with Gasteiger partial charge in [0.1, 0.15) is 5.54 Å². The molecular formula is C30H47NO10. The lowest BCUT2D eigenvalue weighted by atomic mass is 9.88. The molecule has 0 aliphatic carbocycles. The third-order valence-corrected chi connectivity index (χ3v) is 6.79. The number of carbonyl (C=O) groups is 4. The van der Waals surface area contributed by atoms with Crippen molar-refractivity contribution in [1.82, 2.24) is 0 Å². The van der Waals surface area contributed by atoms with Crippen LogP contribution in [0.5, 0.6) is 11.5 Å². The SMILES string of the molecule is CCCC(C)C(=O)OCC[C@@](N)(Cc1ccc(OC(=O)OCC(C)CC)c(OC(=O)OCC(C)CC)c1)C(=O)OC. The minimum atomic E-state index is -1.56. The molecule has 0 saturated carbocycles. The average molecular weight is 582 g/mol. The van der Waals surface area contributed by atoms with Gasteiger partial charge in [0.2, 0.25) is 0 Å². The summed E-state index contributed by atoms with van der Waals surface area (Å²) < 4.78 is 31.3. The Labute approximate surface area is 243 Å². The summed E-state index contributed by atoms with van der Waals surface area (Å²) in [6.45, 7) is 11.8. The van der Waals surface area contributed by atoms with Gasteiger partial charge >= 0.3 is 24.2 Å². The molecule has 0 aliphatic rings. The molecule has 11 heteroatoms. The number of methoxy groups -OCH3 is 1. The number of nitrogens with two attached hydrogens (primary N) is 1. The van der Waals surface area contributed by atoms with Crippen LogP contribution in [-0.2, 0) is 35.0 Å². The van der Waals surface area contributed by atoms with Gasteiger partial charge in [0.05, 0.1) is 32.8 Å². The number of hydrogen-bond donors (Lipinski definition) is 1. The summed E-state index contributed by atoms with van der Waals surface area (Å²) in [4.78, 5) is 49.6. The highest BCUT2D eigenvalue weighted by Gasteiger charge is 2.36. The Bertz CT molecular complexity index is 997. The van der Waals surface area contributed by atoms with Crippen LogP contribution in [0.3, 0.4) is 0 Å². The molecule has 3 unspecified atom stereocenters. The Morgan fingerprint density at radius 3 is 1.93 bits per heavy atom. The van der Waals surface area contributed by atoms with Crippen LogP contribution >= 0.6 is 0 Å². The van der Waals surface area contributed by atoms with Gasteiger partial charge in [0.25, 0.3) is 0 Å². The molecule has 0 spiro atoms. The average Bonchev–Trinajstić information content (AvgIpc) is 2.95. The lowest BCUT2D eigenvalue weighted by molar-refractivity contribution is -0.153. The van der Waals surface area contributed by atoms with E-state index >= 15 is 0 Å². The van der Waals surface area contributed by atoms with Crippen molar-refractivity contribution in [3.8, 4) is 11.5 Å². The molecule has 41 heavy (non-hydrogen) atoms. The van der Waals surface area contributed by atoms with Gasteiger partial charge in [-0.15, -0.1) is 0 Å². The van der Waals surface area contributed by atoms with E-state index in [1.807, 2.05) is 34.6 Å². The molecule has 0 amide bonds. The van der Waals surface area contributed by atoms with E-state index in [1.165, 1.54) is 19.2 Å². The number of hydrogen-bond acceptors (Lipinski definition) is 11. The smallest absolute Gasteiger partial charge is 0.468 e. The van der Waals surface area contributed by atoms with E-state index in [1.54, 1.807) is 13.0 Å². The minimum Gasteiger partial charge on any atom is -0.468 e. The van der Waals surface area contributed by atoms with Crippen LogP contribution in [0.4, 0.5) is 9.59 Å². The van der Waals surface area contributed by atoms with Crippen molar-refractivity contribution in [2.75, 3.05) is 26.9 Å². The number of rotatable bonds is 17. The largest absolute Gasteiger partial charge is 0.513 e. The highest BCUT2D eigenvalue weighted by Crippen LogP contribution is 2.31. The van der Waals surface area contributed by atoms with Gasteiger partial charge in [0, 0.05) is 12.8 Å². The summed E-state index contributed by atoms with van der Waals surface area (Å²) in [7, 11) is 1.21. The molecule has 11 nitrogen and oxygen atoms in total. The topological polar surface area (TPSA) is 150 Å². The summed E-state index contributed by atoms with van der Waals surface area (Å²) >= 11 is 0. The third kappa shape index (κ3) is 12.8. The van der Waals surface area contributed by atoms with E-state index in [2.05, 4.69) is 0 Å². The van der Waals surface area contributed by atoms with Gasteiger partial charge in [0.15, 0.2) is 11.5 Å². The summed E-state index contributed by atoms with van der Waals surface area (Å²) in [6, 6.07) is 4.39. The van der Waals surface area contributed by atoms with E-state index in [4.69, 9.17) is 34.2 Å². The molecule has 0 aromatic heterocycles. The zero-order valence-corrected chi connectivity index (χ0v) is 25.5. The van der Waals surface area contributed by atoms with Crippen LogP contribution in [0.15, 0.2) is 18.2 Å². The van der Waals surface area contributed by atoms with Crippen molar-refractivity contribution in [3.63, 3.8) is 0 Å². The maximum Gasteiger partial charge on any atom is 0.513 e. The van der Waals surface area contributed by atoms with Crippen LogP contribution in [0.1, 0.15) is 79.2 Å². The van der Waals surface area contributed by atoms with Gasteiger partial charge in [-0.05, 0) is 36.0 Å². The van der Waals surface area contributed by atoms with Crippen molar-refractivity contribution in [2.45, 2.75) is 85.6 Å². The quantitative estimate of drug-likeness (QED) is 0.139. The molecule has 1 aromatic rings. The molecule has 1 rings (SSSR count). The van der Waals surface area contributed by atoms with Crippen molar-refractivity contribution >= 4 is 24.2 Å². The molecule has 0 saturated heterocycles. The Morgan fingerprint density at radius 2 is 1.41 bits per heavy atom. The Hall–Kier alpha value is -3.34. The standard InChI is InChI=1S/C30H47NO10/c1-8-11-22(6)26(32)37-15-14-30(31,27(33)36-7)17-23-12-13-24(40-28(34)38-18-20(4)9-2)25(16-23)41-29(35)39-19-21(5)10-3/h12-13,16,20-22H,8-11,14-15,17-19,31H2,1-7H3/t20?,21?,22?,30-/m1/s1. The first-order valence-electron chi connectivity index (χ1n) is 14.2. The van der Waals surface area contributed by atoms with Gasteiger partial charge in [-0.3, -0.25) is 9.59 Å². The molecular weight excluding hydrogens is 534 g/mol. The summed E-state index contributed by atoms with van der Waals surface area (Å²) in [5.41, 5.74) is 5.35. The first kappa shape index (κ1) is 35.7. The molecule has 1 aromatic carbocycles. The molecule has 0 fully saturated rings. The van der Waals surface area contributed by atoms with E-state index < -0.39 is 23.8 Å². The maximum absolute atomic E-state index is 12.7. The summed E-state index contributed by atoms with van der Waals surface area (Å²) in [6.07, 6.45) is 1.12. The minimum absolute atomic E-state index is 0.0163. The van der Waals surface area contributed by atoms with E-state index in [0.717, 1.165) is 19.3 Å². The second-order valence-electron chi connectivity index (χ2n) is 10.6. The highest BCUT2D eigenvalue weighted by molar-refractivity contribution is 5.81. The zero-order chi connectivity index (χ0) is 31.0.